The lowest BCUT2D eigenvalue weighted by atomic mass is 9.98. The summed E-state index contributed by atoms with van der Waals surface area (Å²) in [4.78, 5) is 27.8. The van der Waals surface area contributed by atoms with E-state index < -0.39 is 6.10 Å². The zero-order valence-corrected chi connectivity index (χ0v) is 13.3. The number of piperidine rings is 1. The van der Waals surface area contributed by atoms with Crippen LogP contribution >= 0.6 is 0 Å². The normalized spacial score (nSPS) is 25.0. The third-order valence-electron chi connectivity index (χ3n) is 4.05. The number of hydrogen-bond acceptors (Lipinski definition) is 4. The maximum atomic E-state index is 12.4. The molecule has 2 N–H and O–H groups in total. The van der Waals surface area contributed by atoms with E-state index in [2.05, 4.69) is 5.32 Å². The van der Waals surface area contributed by atoms with Crippen LogP contribution in [-0.4, -0.2) is 70.6 Å². The molecule has 0 saturated carbocycles. The highest BCUT2D eigenvalue weighted by Gasteiger charge is 2.40. The molecule has 2 aliphatic heterocycles. The van der Waals surface area contributed by atoms with Crippen molar-refractivity contribution in [3.8, 4) is 0 Å². The van der Waals surface area contributed by atoms with Crippen molar-refractivity contribution in [1.29, 1.82) is 0 Å². The van der Waals surface area contributed by atoms with Gasteiger partial charge >= 0.3 is 0 Å². The fraction of sp³-hybridized carbons (Fsp3) is 0.867. The molecule has 2 heterocycles. The van der Waals surface area contributed by atoms with Crippen molar-refractivity contribution < 1.29 is 14.7 Å². The first-order valence-electron chi connectivity index (χ1n) is 7.79. The molecule has 2 aliphatic rings. The molecular formula is C15H27N3O3. The summed E-state index contributed by atoms with van der Waals surface area (Å²) in [6.07, 6.45) is 2.06. The summed E-state index contributed by atoms with van der Waals surface area (Å²) >= 11 is 0. The van der Waals surface area contributed by atoms with Gasteiger partial charge in [0.2, 0.25) is 11.8 Å². The molecule has 6 nitrogen and oxygen atoms in total. The Morgan fingerprint density at radius 2 is 2.05 bits per heavy atom. The summed E-state index contributed by atoms with van der Waals surface area (Å²) in [7, 11) is 0. The van der Waals surface area contributed by atoms with Crippen LogP contribution in [0.1, 0.15) is 40.0 Å². The number of amides is 2. The molecule has 6 heteroatoms. The van der Waals surface area contributed by atoms with Crippen molar-refractivity contribution in [3.63, 3.8) is 0 Å². The molecule has 2 rings (SSSR count). The van der Waals surface area contributed by atoms with E-state index in [9.17, 15) is 14.7 Å². The van der Waals surface area contributed by atoms with E-state index in [0.717, 1.165) is 19.3 Å². The Morgan fingerprint density at radius 1 is 1.33 bits per heavy atom. The monoisotopic (exact) mass is 297 g/mol. The molecule has 0 aromatic rings. The van der Waals surface area contributed by atoms with Gasteiger partial charge < -0.3 is 20.2 Å². The molecule has 0 aromatic heterocycles. The lowest BCUT2D eigenvalue weighted by Gasteiger charge is -2.43. The number of nitrogens with zero attached hydrogens (tertiary/aromatic N) is 2. The van der Waals surface area contributed by atoms with Gasteiger partial charge in [0.25, 0.3) is 0 Å². The smallest absolute Gasteiger partial charge is 0.245 e. The number of carbonyl (C=O) groups excluding carboxylic acids is 2. The maximum absolute atomic E-state index is 12.4. The van der Waals surface area contributed by atoms with Gasteiger partial charge in [-0.2, -0.15) is 0 Å². The number of hydrogen-bond donors (Lipinski definition) is 2. The zero-order chi connectivity index (χ0) is 15.6. The second kappa shape index (κ2) is 6.32. The predicted molar refractivity (Wildman–Crippen MR) is 79.7 cm³/mol. The van der Waals surface area contributed by atoms with E-state index in [1.165, 1.54) is 4.90 Å². The highest BCUT2D eigenvalue weighted by atomic mass is 16.3. The minimum atomic E-state index is -0.656. The quantitative estimate of drug-likeness (QED) is 0.764. The van der Waals surface area contributed by atoms with Crippen molar-refractivity contribution >= 4 is 11.8 Å². The topological polar surface area (TPSA) is 72.9 Å². The SMILES string of the molecule is CC(C)(C)NCC(O)CN1CC(=O)N2CCCCC2C1=O. The van der Waals surface area contributed by atoms with Gasteiger partial charge in [0, 0.05) is 25.2 Å². The van der Waals surface area contributed by atoms with Gasteiger partial charge in [-0.05, 0) is 40.0 Å². The van der Waals surface area contributed by atoms with Crippen LogP contribution in [0.25, 0.3) is 0 Å². The molecule has 0 radical (unpaired) electrons. The number of piperazine rings is 1. The molecule has 2 fully saturated rings. The zero-order valence-electron chi connectivity index (χ0n) is 13.3. The standard InChI is InChI=1S/C15H27N3O3/c1-15(2,3)16-8-11(19)9-17-10-13(20)18-7-5-4-6-12(18)14(17)21/h11-12,16,19H,4-10H2,1-3H3. The van der Waals surface area contributed by atoms with Crippen molar-refractivity contribution in [2.45, 2.75) is 57.7 Å². The highest BCUT2D eigenvalue weighted by molar-refractivity contribution is 5.95. The first-order valence-corrected chi connectivity index (χ1v) is 7.79. The second-order valence-corrected chi connectivity index (χ2v) is 7.10. The summed E-state index contributed by atoms with van der Waals surface area (Å²) < 4.78 is 0. The van der Waals surface area contributed by atoms with Crippen molar-refractivity contribution in [1.82, 2.24) is 15.1 Å². The van der Waals surface area contributed by atoms with Gasteiger partial charge in [0.1, 0.15) is 6.04 Å². The fourth-order valence-electron chi connectivity index (χ4n) is 2.93. The third kappa shape index (κ3) is 4.17. The summed E-state index contributed by atoms with van der Waals surface area (Å²) in [5.74, 6) is -0.000566. The molecule has 2 amide bonds. The van der Waals surface area contributed by atoms with E-state index in [4.69, 9.17) is 0 Å². The van der Waals surface area contributed by atoms with Gasteiger partial charge in [0.05, 0.1) is 12.6 Å². The van der Waals surface area contributed by atoms with E-state index in [1.54, 1.807) is 4.90 Å². The van der Waals surface area contributed by atoms with Crippen LogP contribution in [0.5, 0.6) is 0 Å². The van der Waals surface area contributed by atoms with Gasteiger partial charge in [-0.25, -0.2) is 0 Å². The Balaban J connectivity index is 1.91. The molecular weight excluding hydrogens is 270 g/mol. The van der Waals surface area contributed by atoms with E-state index in [-0.39, 0.29) is 36.5 Å². The molecule has 2 atom stereocenters. The van der Waals surface area contributed by atoms with Crippen LogP contribution in [0.15, 0.2) is 0 Å². The largest absolute Gasteiger partial charge is 0.390 e. The van der Waals surface area contributed by atoms with Crippen molar-refractivity contribution in [2.75, 3.05) is 26.2 Å². The molecule has 0 aliphatic carbocycles. The number of nitrogens with one attached hydrogen (secondary N) is 1. The highest BCUT2D eigenvalue weighted by Crippen LogP contribution is 2.23. The Morgan fingerprint density at radius 3 is 2.71 bits per heavy atom. The second-order valence-electron chi connectivity index (χ2n) is 7.10. The molecule has 0 spiro atoms. The van der Waals surface area contributed by atoms with Gasteiger partial charge in [0.15, 0.2) is 0 Å². The molecule has 120 valence electrons. The van der Waals surface area contributed by atoms with E-state index >= 15 is 0 Å². The Bertz CT molecular complexity index is 405. The lowest BCUT2D eigenvalue weighted by Crippen LogP contribution is -2.62. The average molecular weight is 297 g/mol. The molecule has 2 unspecified atom stereocenters. The third-order valence-corrected chi connectivity index (χ3v) is 4.05. The Kier molecular flexibility index (Phi) is 4.88. The number of aliphatic hydroxyl groups excluding tert-OH is 1. The van der Waals surface area contributed by atoms with Crippen LogP contribution < -0.4 is 5.32 Å². The van der Waals surface area contributed by atoms with Crippen LogP contribution in [0.4, 0.5) is 0 Å². The number of aliphatic hydroxyl groups is 1. The van der Waals surface area contributed by atoms with E-state index in [0.29, 0.717) is 13.1 Å². The summed E-state index contributed by atoms with van der Waals surface area (Å²) in [5.41, 5.74) is -0.0805. The molecule has 0 bridgehead atoms. The molecule has 21 heavy (non-hydrogen) atoms. The Hall–Kier alpha value is -1.14. The lowest BCUT2D eigenvalue weighted by molar-refractivity contribution is -0.158. The van der Waals surface area contributed by atoms with Crippen molar-refractivity contribution in [3.05, 3.63) is 0 Å². The van der Waals surface area contributed by atoms with Gasteiger partial charge in [-0.3, -0.25) is 9.59 Å². The van der Waals surface area contributed by atoms with Crippen LogP contribution in [-0.2, 0) is 9.59 Å². The van der Waals surface area contributed by atoms with Gasteiger partial charge in [-0.15, -0.1) is 0 Å². The van der Waals surface area contributed by atoms with Crippen LogP contribution in [0.2, 0.25) is 0 Å². The number of carbonyl (C=O) groups is 2. The van der Waals surface area contributed by atoms with Crippen LogP contribution in [0.3, 0.4) is 0 Å². The van der Waals surface area contributed by atoms with Crippen molar-refractivity contribution in [2.24, 2.45) is 0 Å². The average Bonchev–Trinajstić information content (AvgIpc) is 2.42. The molecule has 0 aromatic carbocycles. The summed E-state index contributed by atoms with van der Waals surface area (Å²) in [6, 6.07) is -0.303. The van der Waals surface area contributed by atoms with Crippen LogP contribution in [0, 0.1) is 0 Å². The minimum Gasteiger partial charge on any atom is -0.390 e. The maximum Gasteiger partial charge on any atom is 0.245 e. The summed E-state index contributed by atoms with van der Waals surface area (Å²) in [5, 5.41) is 13.3. The number of fused-ring (bicyclic) bond motifs is 1. The minimum absolute atomic E-state index is 0.00952. The predicted octanol–water partition coefficient (Wildman–Crippen LogP) is -0.0413. The first kappa shape index (κ1) is 16.2. The van der Waals surface area contributed by atoms with E-state index in [1.807, 2.05) is 20.8 Å². The number of β-amino-alcohol motifs (C(OH)–C–C–N with tert-alkyl or cyclic N) is 1. The Labute approximate surface area is 126 Å². The summed E-state index contributed by atoms with van der Waals surface area (Å²) in [6.45, 7) is 7.49. The number of rotatable bonds is 4. The first-order chi connectivity index (χ1) is 9.78. The fourth-order valence-corrected chi connectivity index (χ4v) is 2.93. The van der Waals surface area contributed by atoms with Gasteiger partial charge in [-0.1, -0.05) is 0 Å². The molecule has 2 saturated heterocycles.